The second-order valence-corrected chi connectivity index (χ2v) is 16.3. The van der Waals surface area contributed by atoms with E-state index in [-0.39, 0.29) is 11.0 Å². The first-order valence-corrected chi connectivity index (χ1v) is 18.1. The second-order valence-electron chi connectivity index (χ2n) is 16.3. The molecule has 2 heteroatoms. The van der Waals surface area contributed by atoms with Crippen LogP contribution in [0.15, 0.2) is 66.9 Å². The van der Waals surface area contributed by atoms with E-state index >= 15 is 0 Å². The molecular formula is C43H53N2+. The Morgan fingerprint density at radius 3 is 2.33 bits per heavy atom. The highest BCUT2D eigenvalue weighted by Crippen LogP contribution is 2.71. The molecule has 0 saturated heterocycles. The van der Waals surface area contributed by atoms with Crippen molar-refractivity contribution in [2.75, 3.05) is 0 Å². The highest BCUT2D eigenvalue weighted by atomic mass is 15.2. The van der Waals surface area contributed by atoms with Crippen molar-refractivity contribution in [3.05, 3.63) is 83.6 Å². The van der Waals surface area contributed by atoms with E-state index < -0.39 is 0 Å². The number of para-hydroxylation sites is 1. The van der Waals surface area contributed by atoms with Gasteiger partial charge in [0.1, 0.15) is 17.3 Å². The number of hydrogen-bond acceptors (Lipinski definition) is 0. The van der Waals surface area contributed by atoms with Gasteiger partial charge in [-0.2, -0.15) is 4.40 Å². The third-order valence-corrected chi connectivity index (χ3v) is 14.7. The second kappa shape index (κ2) is 9.69. The average Bonchev–Trinajstić information content (AvgIpc) is 3.63. The molecule has 2 aromatic heterocycles. The first-order valence-electron chi connectivity index (χ1n) is 18.1. The number of rotatable bonds is 7. The van der Waals surface area contributed by atoms with Crippen molar-refractivity contribution in [3.8, 4) is 11.3 Å². The third kappa shape index (κ3) is 3.50. The Morgan fingerprint density at radius 2 is 1.64 bits per heavy atom. The molecule has 0 spiro atoms. The highest BCUT2D eigenvalue weighted by Gasteiger charge is 2.62. The zero-order valence-corrected chi connectivity index (χ0v) is 29.1. The molecule has 2 nitrogen and oxygen atoms in total. The van der Waals surface area contributed by atoms with E-state index in [1.807, 2.05) is 0 Å². The van der Waals surface area contributed by atoms with Crippen LogP contribution in [0.25, 0.3) is 38.6 Å². The van der Waals surface area contributed by atoms with Crippen LogP contribution in [0.3, 0.4) is 0 Å². The molecule has 3 aliphatic rings. The molecule has 2 bridgehead atoms. The van der Waals surface area contributed by atoms with Gasteiger partial charge >= 0.3 is 0 Å². The van der Waals surface area contributed by atoms with Gasteiger partial charge in [-0.1, -0.05) is 103 Å². The maximum absolute atomic E-state index is 2.74. The van der Waals surface area contributed by atoms with E-state index in [2.05, 4.69) is 131 Å². The van der Waals surface area contributed by atoms with E-state index in [0.717, 1.165) is 25.2 Å². The molecule has 2 saturated carbocycles. The van der Waals surface area contributed by atoms with Gasteiger partial charge in [0.05, 0.1) is 5.39 Å². The van der Waals surface area contributed by atoms with Gasteiger partial charge in [-0.15, -0.1) is 0 Å². The minimum Gasteiger partial charge on any atom is -0.223 e. The lowest BCUT2D eigenvalue weighted by Gasteiger charge is -2.46. The molecule has 5 atom stereocenters. The van der Waals surface area contributed by atoms with Crippen molar-refractivity contribution in [2.45, 2.75) is 124 Å². The zero-order chi connectivity index (χ0) is 31.5. The van der Waals surface area contributed by atoms with Crippen LogP contribution in [0.2, 0.25) is 0 Å². The molecule has 0 N–H and O–H groups in total. The van der Waals surface area contributed by atoms with E-state index in [4.69, 9.17) is 0 Å². The zero-order valence-electron chi connectivity index (χ0n) is 29.1. The van der Waals surface area contributed by atoms with Crippen LogP contribution in [0.4, 0.5) is 0 Å². The summed E-state index contributed by atoms with van der Waals surface area (Å²) in [6.45, 7) is 20.0. The number of unbranched alkanes of at least 4 members (excludes halogenated alkanes) is 1. The van der Waals surface area contributed by atoms with Crippen LogP contribution in [-0.4, -0.2) is 4.40 Å². The number of pyridine rings is 1. The van der Waals surface area contributed by atoms with Gasteiger partial charge < -0.3 is 0 Å². The van der Waals surface area contributed by atoms with Gasteiger partial charge in [0.15, 0.2) is 5.69 Å². The molecule has 45 heavy (non-hydrogen) atoms. The lowest BCUT2D eigenvalue weighted by Crippen LogP contribution is -2.65. The summed E-state index contributed by atoms with van der Waals surface area (Å²) < 4.78 is 5.43. The summed E-state index contributed by atoms with van der Waals surface area (Å²) in [4.78, 5) is 0. The largest absolute Gasteiger partial charge is 0.296 e. The topological polar surface area (TPSA) is 8.29 Å². The van der Waals surface area contributed by atoms with Crippen LogP contribution < -0.4 is 4.57 Å². The van der Waals surface area contributed by atoms with Crippen molar-refractivity contribution in [1.29, 1.82) is 0 Å². The SMILES string of the molecule is CCCCc1ccc(C2CC3CCC2(C)C3(C)C)c(-c2c[n+]3c4c5c(cccc5c5ccccc5n24)C(C)(CC)C3(C)CC)c1. The molecule has 3 aromatic carbocycles. The summed E-state index contributed by atoms with van der Waals surface area (Å²) >= 11 is 0. The molecule has 2 aliphatic carbocycles. The fourth-order valence-electron chi connectivity index (χ4n) is 10.9. The molecule has 8 rings (SSSR count). The van der Waals surface area contributed by atoms with Crippen LogP contribution >= 0.6 is 0 Å². The van der Waals surface area contributed by atoms with Crippen LogP contribution in [-0.2, 0) is 17.4 Å². The van der Waals surface area contributed by atoms with Gasteiger partial charge in [0, 0.05) is 21.8 Å². The summed E-state index contributed by atoms with van der Waals surface area (Å²) in [6.07, 6.45) is 12.5. The maximum atomic E-state index is 2.74. The standard InChI is InChI=1S/C43H53N2/c1-9-12-16-28-21-22-30(35-26-29-23-24-42(35,7)40(29,4)5)33(25-28)37-27-44-39-38-32(31-17-13-14-20-36(31)45(37)39)18-15-19-34(38)41(6,10-2)43(44,8)11-3/h13-15,17-22,25,27,29,35H,9-12,16,23-24,26H2,1-8H3/q+1. The number of imidazole rings is 1. The van der Waals surface area contributed by atoms with Gasteiger partial charge in [-0.25, -0.2) is 4.57 Å². The smallest absolute Gasteiger partial charge is 0.223 e. The summed E-state index contributed by atoms with van der Waals surface area (Å²) in [5.41, 5.74) is 10.9. The predicted molar refractivity (Wildman–Crippen MR) is 190 cm³/mol. The minimum absolute atomic E-state index is 0.0222. The summed E-state index contributed by atoms with van der Waals surface area (Å²) in [5, 5.41) is 4.21. The van der Waals surface area contributed by atoms with Gasteiger partial charge in [0.2, 0.25) is 0 Å². The van der Waals surface area contributed by atoms with Crippen LogP contribution in [0.1, 0.15) is 123 Å². The molecule has 5 unspecified atom stereocenters. The van der Waals surface area contributed by atoms with Crippen molar-refractivity contribution < 1.29 is 4.57 Å². The monoisotopic (exact) mass is 597 g/mol. The first-order chi connectivity index (χ1) is 21.6. The maximum Gasteiger partial charge on any atom is 0.296 e. The normalized spacial score (nSPS) is 30.0. The lowest BCUT2D eigenvalue weighted by molar-refractivity contribution is -0.750. The van der Waals surface area contributed by atoms with E-state index in [9.17, 15) is 0 Å². The molecule has 0 radical (unpaired) electrons. The van der Waals surface area contributed by atoms with Crippen molar-refractivity contribution in [2.24, 2.45) is 16.7 Å². The third-order valence-electron chi connectivity index (χ3n) is 14.7. The number of nitrogens with zero attached hydrogens (tertiary/aromatic N) is 2. The Morgan fingerprint density at radius 1 is 0.867 bits per heavy atom. The summed E-state index contributed by atoms with van der Waals surface area (Å²) in [6, 6.07) is 24.0. The lowest BCUT2D eigenvalue weighted by atomic mass is 9.62. The average molecular weight is 598 g/mol. The molecule has 3 heterocycles. The van der Waals surface area contributed by atoms with E-state index in [1.165, 1.54) is 81.8 Å². The molecule has 1 aliphatic heterocycles. The fourth-order valence-corrected chi connectivity index (χ4v) is 10.9. The van der Waals surface area contributed by atoms with E-state index in [1.54, 1.807) is 5.56 Å². The first kappa shape index (κ1) is 29.3. The Labute approximate surface area is 270 Å². The summed E-state index contributed by atoms with van der Waals surface area (Å²) in [7, 11) is 0. The van der Waals surface area contributed by atoms with Gasteiger partial charge in [0.25, 0.3) is 5.65 Å². The molecule has 0 amide bonds. The highest BCUT2D eigenvalue weighted by molar-refractivity contribution is 6.13. The number of benzene rings is 3. The molecule has 2 fully saturated rings. The fraction of sp³-hybridized carbons (Fsp3) is 0.512. The van der Waals surface area contributed by atoms with Crippen molar-refractivity contribution in [1.82, 2.24) is 4.40 Å². The van der Waals surface area contributed by atoms with Gasteiger partial charge in [-0.3, -0.25) is 0 Å². The number of fused-ring (bicyclic) bond motifs is 5. The van der Waals surface area contributed by atoms with Gasteiger partial charge in [-0.05, 0) is 103 Å². The summed E-state index contributed by atoms with van der Waals surface area (Å²) in [5.74, 6) is 1.41. The predicted octanol–water partition coefficient (Wildman–Crippen LogP) is 11.3. The molecular weight excluding hydrogens is 544 g/mol. The minimum atomic E-state index is -0.0463. The molecule has 5 aromatic rings. The van der Waals surface area contributed by atoms with Crippen molar-refractivity contribution in [3.63, 3.8) is 0 Å². The number of aromatic nitrogens is 2. The Kier molecular flexibility index (Phi) is 6.31. The Balaban J connectivity index is 1.52. The Hall–Kier alpha value is -3.13. The number of aryl methyl sites for hydroxylation is 1. The van der Waals surface area contributed by atoms with Crippen molar-refractivity contribution >= 4 is 27.3 Å². The Bertz CT molecular complexity index is 1990. The quantitative estimate of drug-likeness (QED) is 0.130. The van der Waals surface area contributed by atoms with Crippen LogP contribution in [0.5, 0.6) is 0 Å². The van der Waals surface area contributed by atoms with Crippen LogP contribution in [0, 0.1) is 16.7 Å². The molecule has 234 valence electrons. The van der Waals surface area contributed by atoms with E-state index in [0.29, 0.717) is 16.7 Å². The number of hydrogen-bond donors (Lipinski definition) is 0.